The van der Waals surface area contributed by atoms with Gasteiger partial charge in [-0.2, -0.15) is 0 Å². The van der Waals surface area contributed by atoms with Crippen molar-refractivity contribution in [2.75, 3.05) is 6.54 Å². The molecule has 2 saturated carbocycles. The Morgan fingerprint density at radius 3 is 2.67 bits per heavy atom. The number of nitrogens with one attached hydrogen (secondary N) is 2. The van der Waals surface area contributed by atoms with Gasteiger partial charge in [0, 0.05) is 18.4 Å². The zero-order valence-electron chi connectivity index (χ0n) is 18.1. The smallest absolute Gasteiger partial charge is 0.253 e. The van der Waals surface area contributed by atoms with E-state index in [1.54, 1.807) is 0 Å². The maximum Gasteiger partial charge on any atom is 0.253 e. The number of carbonyl (C=O) groups is 2. The summed E-state index contributed by atoms with van der Waals surface area (Å²) in [7, 11) is 0. The zero-order chi connectivity index (χ0) is 21.0. The third-order valence-corrected chi connectivity index (χ3v) is 7.71. The number of aromatic nitrogens is 2. The number of para-hydroxylation sites is 1. The number of piperidine rings is 1. The first-order chi connectivity index (χ1) is 14.4. The van der Waals surface area contributed by atoms with E-state index in [9.17, 15) is 9.59 Å². The van der Waals surface area contributed by atoms with Gasteiger partial charge < -0.3 is 15.2 Å². The Morgan fingerprint density at radius 2 is 1.93 bits per heavy atom. The number of hydrogen-bond donors (Lipinski definition) is 2. The number of likely N-dealkylation sites (tertiary alicyclic amines) is 1. The molecule has 3 atom stereocenters. The highest BCUT2D eigenvalue weighted by Crippen LogP contribution is 2.46. The van der Waals surface area contributed by atoms with E-state index in [0.717, 1.165) is 43.1 Å². The number of benzene rings is 1. The van der Waals surface area contributed by atoms with Crippen molar-refractivity contribution in [3.05, 3.63) is 29.6 Å². The van der Waals surface area contributed by atoms with Crippen LogP contribution >= 0.6 is 0 Å². The number of amides is 2. The van der Waals surface area contributed by atoms with E-state index in [1.165, 1.54) is 12.8 Å². The van der Waals surface area contributed by atoms with Crippen LogP contribution in [0, 0.1) is 30.6 Å². The molecule has 6 nitrogen and oxygen atoms in total. The SMILES string of the molecule is Cc1nc2c(C(=O)N[C@@H]3[C@H]4CCN(C(=O)C5CCC(C(C)C)CC5)[C@H]43)cccc2[nH]1. The molecule has 0 spiro atoms. The second-order valence-electron chi connectivity index (χ2n) is 9.85. The van der Waals surface area contributed by atoms with Crippen LogP contribution in [0.4, 0.5) is 0 Å². The van der Waals surface area contributed by atoms with Crippen LogP contribution in [0.5, 0.6) is 0 Å². The molecule has 0 radical (unpaired) electrons. The average Bonchev–Trinajstić information content (AvgIpc) is 3.05. The number of fused-ring (bicyclic) bond motifs is 2. The molecule has 3 fully saturated rings. The Labute approximate surface area is 177 Å². The van der Waals surface area contributed by atoms with Crippen molar-refractivity contribution in [2.24, 2.45) is 23.7 Å². The minimum atomic E-state index is -0.0867. The minimum Gasteiger partial charge on any atom is -0.347 e. The number of aromatic amines is 1. The monoisotopic (exact) mass is 408 g/mol. The van der Waals surface area contributed by atoms with Gasteiger partial charge in [0.15, 0.2) is 0 Å². The van der Waals surface area contributed by atoms with E-state index >= 15 is 0 Å². The van der Waals surface area contributed by atoms with Crippen LogP contribution in [0.25, 0.3) is 11.0 Å². The summed E-state index contributed by atoms with van der Waals surface area (Å²) in [5.74, 6) is 3.10. The first kappa shape index (κ1) is 19.6. The van der Waals surface area contributed by atoms with E-state index < -0.39 is 0 Å². The summed E-state index contributed by atoms with van der Waals surface area (Å²) in [5.41, 5.74) is 2.20. The number of H-pyrrole nitrogens is 1. The lowest BCUT2D eigenvalue weighted by atomic mass is 9.76. The third kappa shape index (κ3) is 3.30. The van der Waals surface area contributed by atoms with Gasteiger partial charge >= 0.3 is 0 Å². The summed E-state index contributed by atoms with van der Waals surface area (Å²) in [4.78, 5) is 35.9. The number of rotatable bonds is 4. The van der Waals surface area contributed by atoms with E-state index in [2.05, 4.69) is 34.0 Å². The molecule has 30 heavy (non-hydrogen) atoms. The van der Waals surface area contributed by atoms with Gasteiger partial charge in [-0.1, -0.05) is 19.9 Å². The first-order valence-electron chi connectivity index (χ1n) is 11.5. The van der Waals surface area contributed by atoms with E-state index in [1.807, 2.05) is 25.1 Å². The Bertz CT molecular complexity index is 973. The third-order valence-electron chi connectivity index (χ3n) is 7.71. The predicted octanol–water partition coefficient (Wildman–Crippen LogP) is 3.66. The second-order valence-corrected chi connectivity index (χ2v) is 9.85. The summed E-state index contributed by atoms with van der Waals surface area (Å²) in [6.07, 6.45) is 5.38. The highest BCUT2D eigenvalue weighted by Gasteiger charge is 2.60. The standard InChI is InChI=1S/C24H32N4O2/c1-13(2)15-7-9-16(10-8-15)24(30)28-12-11-17-21(22(17)28)27-23(29)18-5-4-6-19-20(18)26-14(3)25-19/h4-6,13,15-17,21-22H,7-12H2,1-3H3,(H,25,26)(H,27,29)/t15?,16?,17-,21-,22-/m1/s1. The number of imidazole rings is 1. The molecule has 160 valence electrons. The van der Waals surface area contributed by atoms with Crippen LogP contribution < -0.4 is 5.32 Å². The molecule has 1 aromatic heterocycles. The maximum absolute atomic E-state index is 13.2. The van der Waals surface area contributed by atoms with Crippen molar-refractivity contribution in [3.8, 4) is 0 Å². The van der Waals surface area contributed by atoms with Crippen molar-refractivity contribution >= 4 is 22.8 Å². The number of hydrogen-bond acceptors (Lipinski definition) is 3. The molecule has 2 aromatic rings. The van der Waals surface area contributed by atoms with Crippen LogP contribution in [0.1, 0.15) is 62.1 Å². The van der Waals surface area contributed by atoms with E-state index in [4.69, 9.17) is 0 Å². The lowest BCUT2D eigenvalue weighted by Crippen LogP contribution is -2.42. The quantitative estimate of drug-likeness (QED) is 0.810. The molecule has 1 saturated heterocycles. The highest BCUT2D eigenvalue weighted by molar-refractivity contribution is 6.05. The van der Waals surface area contributed by atoms with Gasteiger partial charge in [0.25, 0.3) is 5.91 Å². The zero-order valence-corrected chi connectivity index (χ0v) is 18.1. The predicted molar refractivity (Wildman–Crippen MR) is 116 cm³/mol. The van der Waals surface area contributed by atoms with Crippen molar-refractivity contribution in [1.29, 1.82) is 0 Å². The summed E-state index contributed by atoms with van der Waals surface area (Å²) < 4.78 is 0. The topological polar surface area (TPSA) is 78.1 Å². The summed E-state index contributed by atoms with van der Waals surface area (Å²) in [6, 6.07) is 5.91. The number of nitrogens with zero attached hydrogens (tertiary/aromatic N) is 2. The molecule has 2 heterocycles. The Hall–Kier alpha value is -2.37. The lowest BCUT2D eigenvalue weighted by Gasteiger charge is -2.33. The van der Waals surface area contributed by atoms with Crippen LogP contribution in [-0.4, -0.2) is 45.3 Å². The molecule has 1 aliphatic heterocycles. The summed E-state index contributed by atoms with van der Waals surface area (Å²) in [6.45, 7) is 7.32. The van der Waals surface area contributed by atoms with Crippen molar-refractivity contribution in [1.82, 2.24) is 20.2 Å². The molecule has 1 aromatic carbocycles. The van der Waals surface area contributed by atoms with Gasteiger partial charge in [0.1, 0.15) is 11.3 Å². The van der Waals surface area contributed by atoms with Crippen molar-refractivity contribution in [3.63, 3.8) is 0 Å². The van der Waals surface area contributed by atoms with E-state index in [-0.39, 0.29) is 23.9 Å². The summed E-state index contributed by atoms with van der Waals surface area (Å²) >= 11 is 0. The Morgan fingerprint density at radius 1 is 1.17 bits per heavy atom. The normalized spacial score (nSPS) is 30.5. The Kier molecular flexibility index (Phi) is 4.83. The van der Waals surface area contributed by atoms with E-state index in [0.29, 0.717) is 28.8 Å². The minimum absolute atomic E-state index is 0.0810. The maximum atomic E-state index is 13.2. The fourth-order valence-corrected chi connectivity index (χ4v) is 5.85. The van der Waals surface area contributed by atoms with Gasteiger partial charge in [-0.05, 0) is 63.0 Å². The molecular formula is C24H32N4O2. The molecule has 2 aliphatic carbocycles. The van der Waals surface area contributed by atoms with Gasteiger partial charge in [-0.3, -0.25) is 9.59 Å². The van der Waals surface area contributed by atoms with Crippen LogP contribution in [0.2, 0.25) is 0 Å². The van der Waals surface area contributed by atoms with Gasteiger partial charge in [-0.15, -0.1) is 0 Å². The molecule has 2 N–H and O–H groups in total. The Balaban J connectivity index is 1.23. The first-order valence-corrected chi connectivity index (χ1v) is 11.5. The second kappa shape index (κ2) is 7.40. The largest absolute Gasteiger partial charge is 0.347 e. The molecule has 3 aliphatic rings. The molecule has 6 heteroatoms. The summed E-state index contributed by atoms with van der Waals surface area (Å²) in [5, 5.41) is 3.20. The fraction of sp³-hybridized carbons (Fsp3) is 0.625. The van der Waals surface area contributed by atoms with Gasteiger partial charge in [0.05, 0.1) is 23.2 Å². The van der Waals surface area contributed by atoms with Crippen LogP contribution in [0.15, 0.2) is 18.2 Å². The molecular weight excluding hydrogens is 376 g/mol. The van der Waals surface area contributed by atoms with Gasteiger partial charge in [0.2, 0.25) is 5.91 Å². The van der Waals surface area contributed by atoms with Crippen molar-refractivity contribution in [2.45, 2.75) is 65.0 Å². The van der Waals surface area contributed by atoms with Crippen LogP contribution in [-0.2, 0) is 4.79 Å². The average molecular weight is 409 g/mol. The molecule has 0 unspecified atom stereocenters. The fourth-order valence-electron chi connectivity index (χ4n) is 5.85. The molecule has 0 bridgehead atoms. The highest BCUT2D eigenvalue weighted by atomic mass is 16.2. The lowest BCUT2D eigenvalue weighted by molar-refractivity contribution is -0.137. The molecule has 2 amide bonds. The number of carbonyl (C=O) groups excluding carboxylic acids is 2. The molecule has 5 rings (SSSR count). The number of aryl methyl sites for hydroxylation is 1. The van der Waals surface area contributed by atoms with Gasteiger partial charge in [-0.25, -0.2) is 4.98 Å². The van der Waals surface area contributed by atoms with Crippen LogP contribution in [0.3, 0.4) is 0 Å². The van der Waals surface area contributed by atoms with Crippen molar-refractivity contribution < 1.29 is 9.59 Å².